The number of ketones is 1. The molecule has 0 aliphatic heterocycles. The fourth-order valence-electron chi connectivity index (χ4n) is 2.09. The zero-order chi connectivity index (χ0) is 15.2. The zero-order valence-electron chi connectivity index (χ0n) is 11.9. The van der Waals surface area contributed by atoms with Gasteiger partial charge in [-0.05, 0) is 37.2 Å². The minimum absolute atomic E-state index is 0.0157. The summed E-state index contributed by atoms with van der Waals surface area (Å²) in [5.74, 6) is -0.0157. The molecule has 0 bridgehead atoms. The summed E-state index contributed by atoms with van der Waals surface area (Å²) in [5.41, 5.74) is 1.74. The predicted molar refractivity (Wildman–Crippen MR) is 88.4 cm³/mol. The van der Waals surface area contributed by atoms with Crippen molar-refractivity contribution in [2.45, 2.75) is 6.42 Å². The molecule has 2 aromatic rings. The Morgan fingerprint density at radius 1 is 1.10 bits per heavy atom. The molecule has 0 unspecified atom stereocenters. The summed E-state index contributed by atoms with van der Waals surface area (Å²) >= 11 is 12.0. The third-order valence-corrected chi connectivity index (χ3v) is 3.83. The third-order valence-electron chi connectivity index (χ3n) is 3.27. The number of hydrogen-bond acceptors (Lipinski definition) is 2. The molecular weight excluding hydrogens is 305 g/mol. The molecule has 2 nitrogen and oxygen atoms in total. The van der Waals surface area contributed by atoms with Crippen LogP contribution in [0.15, 0.2) is 48.5 Å². The van der Waals surface area contributed by atoms with Crippen LogP contribution < -0.4 is 0 Å². The lowest BCUT2D eigenvalue weighted by Crippen LogP contribution is -2.28. The molecule has 0 aromatic heterocycles. The highest BCUT2D eigenvalue weighted by Gasteiger charge is 2.13. The third kappa shape index (κ3) is 4.85. The Bertz CT molecular complexity index is 613. The summed E-state index contributed by atoms with van der Waals surface area (Å²) in [7, 11) is 1.93. The van der Waals surface area contributed by atoms with E-state index < -0.39 is 0 Å². The Labute approximate surface area is 135 Å². The first-order valence-electron chi connectivity index (χ1n) is 6.77. The molecule has 0 spiro atoms. The van der Waals surface area contributed by atoms with Crippen molar-refractivity contribution in [3.05, 3.63) is 69.7 Å². The maximum Gasteiger partial charge on any atom is 0.178 e. The van der Waals surface area contributed by atoms with Gasteiger partial charge >= 0.3 is 0 Å². The summed E-state index contributed by atoms with van der Waals surface area (Å²) in [6.45, 7) is 1.14. The van der Waals surface area contributed by atoms with Crippen LogP contribution in [0.3, 0.4) is 0 Å². The molecule has 0 fully saturated rings. The second-order valence-electron chi connectivity index (χ2n) is 5.02. The highest BCUT2D eigenvalue weighted by molar-refractivity contribution is 6.36. The molecule has 0 amide bonds. The SMILES string of the molecule is CN(CCc1ccccc1)CC(=O)c1cc(Cl)ccc1Cl. The minimum Gasteiger partial charge on any atom is -0.299 e. The van der Waals surface area contributed by atoms with Crippen LogP contribution >= 0.6 is 23.2 Å². The monoisotopic (exact) mass is 321 g/mol. The van der Waals surface area contributed by atoms with Gasteiger partial charge in [-0.15, -0.1) is 0 Å². The summed E-state index contributed by atoms with van der Waals surface area (Å²) in [4.78, 5) is 14.2. The van der Waals surface area contributed by atoms with Crippen LogP contribution in [0.1, 0.15) is 15.9 Å². The molecule has 0 N–H and O–H groups in total. The number of rotatable bonds is 6. The van der Waals surface area contributed by atoms with E-state index in [1.807, 2.05) is 30.1 Å². The van der Waals surface area contributed by atoms with Crippen LogP contribution in [-0.4, -0.2) is 30.8 Å². The molecule has 0 radical (unpaired) electrons. The minimum atomic E-state index is -0.0157. The van der Waals surface area contributed by atoms with E-state index in [4.69, 9.17) is 23.2 Å². The van der Waals surface area contributed by atoms with E-state index in [-0.39, 0.29) is 5.78 Å². The van der Waals surface area contributed by atoms with E-state index in [1.165, 1.54) is 5.56 Å². The van der Waals surface area contributed by atoms with E-state index in [9.17, 15) is 4.79 Å². The molecule has 0 heterocycles. The van der Waals surface area contributed by atoms with Crippen molar-refractivity contribution in [2.24, 2.45) is 0 Å². The van der Waals surface area contributed by atoms with Crippen molar-refractivity contribution in [1.82, 2.24) is 4.90 Å². The maximum atomic E-state index is 12.3. The van der Waals surface area contributed by atoms with E-state index in [2.05, 4.69) is 12.1 Å². The first-order chi connectivity index (χ1) is 10.1. The van der Waals surface area contributed by atoms with E-state index in [0.717, 1.165) is 13.0 Å². The van der Waals surface area contributed by atoms with Crippen molar-refractivity contribution in [2.75, 3.05) is 20.1 Å². The number of likely N-dealkylation sites (N-methyl/N-ethyl adjacent to an activating group) is 1. The van der Waals surface area contributed by atoms with Gasteiger partial charge in [-0.25, -0.2) is 0 Å². The fourth-order valence-corrected chi connectivity index (χ4v) is 2.48. The normalized spacial score (nSPS) is 10.9. The summed E-state index contributed by atoms with van der Waals surface area (Å²) in [5, 5.41) is 0.968. The van der Waals surface area contributed by atoms with Crippen LogP contribution in [0.25, 0.3) is 0 Å². The molecule has 4 heteroatoms. The van der Waals surface area contributed by atoms with Crippen molar-refractivity contribution < 1.29 is 4.79 Å². The largest absolute Gasteiger partial charge is 0.299 e. The number of hydrogen-bond donors (Lipinski definition) is 0. The Balaban J connectivity index is 1.91. The van der Waals surface area contributed by atoms with Gasteiger partial charge in [0.25, 0.3) is 0 Å². The van der Waals surface area contributed by atoms with Gasteiger partial charge in [-0.3, -0.25) is 9.69 Å². The van der Waals surface area contributed by atoms with Crippen LogP contribution in [-0.2, 0) is 6.42 Å². The molecule has 0 aliphatic rings. The van der Waals surface area contributed by atoms with Gasteiger partial charge in [0.1, 0.15) is 0 Å². The Hall–Kier alpha value is -1.35. The van der Waals surface area contributed by atoms with Gasteiger partial charge < -0.3 is 0 Å². The lowest BCUT2D eigenvalue weighted by molar-refractivity contribution is 0.0947. The lowest BCUT2D eigenvalue weighted by atomic mass is 10.1. The number of benzene rings is 2. The van der Waals surface area contributed by atoms with Gasteiger partial charge in [-0.2, -0.15) is 0 Å². The summed E-state index contributed by atoms with van der Waals surface area (Å²) in [6.07, 6.45) is 0.911. The van der Waals surface area contributed by atoms with E-state index in [0.29, 0.717) is 22.2 Å². The molecule has 2 rings (SSSR count). The van der Waals surface area contributed by atoms with Gasteiger partial charge in [0.05, 0.1) is 11.6 Å². The quantitative estimate of drug-likeness (QED) is 0.737. The predicted octanol–water partition coefficient (Wildman–Crippen LogP) is 4.35. The van der Waals surface area contributed by atoms with Gasteiger partial charge in [-0.1, -0.05) is 53.5 Å². The van der Waals surface area contributed by atoms with E-state index in [1.54, 1.807) is 18.2 Å². The molecule has 110 valence electrons. The average Bonchev–Trinajstić information content (AvgIpc) is 2.48. The van der Waals surface area contributed by atoms with Crippen molar-refractivity contribution in [3.8, 4) is 0 Å². The molecule has 0 atom stereocenters. The summed E-state index contributed by atoms with van der Waals surface area (Å²) in [6, 6.07) is 15.2. The molecule has 0 saturated heterocycles. The second kappa shape index (κ2) is 7.60. The maximum absolute atomic E-state index is 12.3. The first kappa shape index (κ1) is 16.0. The second-order valence-corrected chi connectivity index (χ2v) is 5.86. The standard InChI is InChI=1S/C17H17Cl2NO/c1-20(10-9-13-5-3-2-4-6-13)12-17(21)15-11-14(18)7-8-16(15)19/h2-8,11H,9-10,12H2,1H3. The summed E-state index contributed by atoms with van der Waals surface area (Å²) < 4.78 is 0. The van der Waals surface area contributed by atoms with Crippen LogP contribution in [0, 0.1) is 0 Å². The molecule has 21 heavy (non-hydrogen) atoms. The number of nitrogens with zero attached hydrogens (tertiary/aromatic N) is 1. The van der Waals surface area contributed by atoms with Crippen molar-refractivity contribution in [1.29, 1.82) is 0 Å². The number of Topliss-reactive ketones (excluding diaryl/α,β-unsaturated/α-hetero) is 1. The Kier molecular flexibility index (Phi) is 5.80. The smallest absolute Gasteiger partial charge is 0.178 e. The highest BCUT2D eigenvalue weighted by atomic mass is 35.5. The highest BCUT2D eigenvalue weighted by Crippen LogP contribution is 2.21. The first-order valence-corrected chi connectivity index (χ1v) is 7.52. The van der Waals surface area contributed by atoms with Crippen LogP contribution in [0.2, 0.25) is 10.0 Å². The van der Waals surface area contributed by atoms with Crippen LogP contribution in [0.5, 0.6) is 0 Å². The molecule has 0 saturated carbocycles. The topological polar surface area (TPSA) is 20.3 Å². The fraction of sp³-hybridized carbons (Fsp3) is 0.235. The Morgan fingerprint density at radius 2 is 1.81 bits per heavy atom. The lowest BCUT2D eigenvalue weighted by Gasteiger charge is -2.16. The van der Waals surface area contributed by atoms with E-state index >= 15 is 0 Å². The van der Waals surface area contributed by atoms with Gasteiger partial charge in [0, 0.05) is 17.1 Å². The molecule has 2 aromatic carbocycles. The van der Waals surface area contributed by atoms with Crippen LogP contribution in [0.4, 0.5) is 0 Å². The van der Waals surface area contributed by atoms with Gasteiger partial charge in [0.15, 0.2) is 5.78 Å². The van der Waals surface area contributed by atoms with Gasteiger partial charge in [0.2, 0.25) is 0 Å². The number of carbonyl (C=O) groups excluding carboxylic acids is 1. The zero-order valence-corrected chi connectivity index (χ0v) is 13.4. The average molecular weight is 322 g/mol. The van der Waals surface area contributed by atoms with Crippen molar-refractivity contribution >= 4 is 29.0 Å². The number of halogens is 2. The van der Waals surface area contributed by atoms with Crippen molar-refractivity contribution in [3.63, 3.8) is 0 Å². The number of carbonyl (C=O) groups is 1. The Morgan fingerprint density at radius 3 is 2.52 bits per heavy atom. The molecule has 0 aliphatic carbocycles. The molecular formula is C17H17Cl2NO.